The second-order valence-electron chi connectivity index (χ2n) is 2.63. The Morgan fingerprint density at radius 1 is 1.33 bits per heavy atom. The van der Waals surface area contributed by atoms with Gasteiger partial charge in [0, 0.05) is 18.6 Å². The zero-order chi connectivity index (χ0) is 9.97. The van der Waals surface area contributed by atoms with Crippen molar-refractivity contribution >= 4 is 18.4 Å². The van der Waals surface area contributed by atoms with E-state index in [4.69, 9.17) is 5.11 Å². The van der Waals surface area contributed by atoms with E-state index in [0.717, 1.165) is 0 Å². The molecule has 15 heavy (non-hydrogen) atoms. The summed E-state index contributed by atoms with van der Waals surface area (Å²) < 4.78 is 1.47. The number of carboxylic acids is 1. The maximum atomic E-state index is 10.8. The lowest BCUT2D eigenvalue weighted by Crippen LogP contribution is -2.07. The predicted molar refractivity (Wildman–Crippen MR) is 55.6 cm³/mol. The molecule has 5 nitrogen and oxygen atoms in total. The molecule has 6 heteroatoms. The summed E-state index contributed by atoms with van der Waals surface area (Å²) in [6, 6.07) is 5.05. The van der Waals surface area contributed by atoms with E-state index in [9.17, 15) is 4.79 Å². The van der Waals surface area contributed by atoms with Crippen LogP contribution in [0.2, 0.25) is 0 Å². The van der Waals surface area contributed by atoms with Crippen molar-refractivity contribution in [1.82, 2.24) is 14.8 Å². The summed E-state index contributed by atoms with van der Waals surface area (Å²) in [5.41, 5.74) is 0.459. The number of carboxylic acid groups (broad SMARTS) is 1. The van der Waals surface area contributed by atoms with Crippen LogP contribution in [0.3, 0.4) is 0 Å². The number of pyridine rings is 1. The van der Waals surface area contributed by atoms with Crippen LogP contribution >= 0.6 is 12.4 Å². The fraction of sp³-hybridized carbons (Fsp3) is 0. The topological polar surface area (TPSA) is 68.0 Å². The standard InChI is InChI=1S/C9H7N3O2.ClH/c13-9(14)8-7(3-1-4-10-8)12-6-2-5-11-12;/h1-6H,(H,13,14);1H. The van der Waals surface area contributed by atoms with Crippen molar-refractivity contribution in [2.75, 3.05) is 0 Å². The van der Waals surface area contributed by atoms with Crippen molar-refractivity contribution in [3.8, 4) is 5.69 Å². The van der Waals surface area contributed by atoms with Crippen LogP contribution in [0, 0.1) is 0 Å². The summed E-state index contributed by atoms with van der Waals surface area (Å²) in [6.07, 6.45) is 4.69. The Kier molecular flexibility index (Phi) is 3.41. The van der Waals surface area contributed by atoms with E-state index in [1.165, 1.54) is 10.9 Å². The third kappa shape index (κ3) is 2.13. The fourth-order valence-electron chi connectivity index (χ4n) is 1.16. The molecule has 2 rings (SSSR count). The van der Waals surface area contributed by atoms with Crippen LogP contribution in [0.4, 0.5) is 0 Å². The molecular weight excluding hydrogens is 218 g/mol. The molecule has 0 aliphatic heterocycles. The van der Waals surface area contributed by atoms with E-state index in [1.807, 2.05) is 0 Å². The zero-order valence-corrected chi connectivity index (χ0v) is 8.39. The first-order valence-corrected chi connectivity index (χ1v) is 3.97. The van der Waals surface area contributed by atoms with Crippen LogP contribution in [-0.4, -0.2) is 25.8 Å². The average Bonchev–Trinajstić information content (AvgIpc) is 2.70. The molecule has 0 bridgehead atoms. The van der Waals surface area contributed by atoms with Gasteiger partial charge in [0.2, 0.25) is 0 Å². The maximum absolute atomic E-state index is 10.8. The third-order valence-corrected chi connectivity index (χ3v) is 1.74. The van der Waals surface area contributed by atoms with Crippen molar-refractivity contribution in [2.24, 2.45) is 0 Å². The molecule has 0 spiro atoms. The molecule has 0 saturated carbocycles. The second kappa shape index (κ2) is 4.56. The number of rotatable bonds is 2. The molecule has 0 aliphatic carbocycles. The highest BCUT2D eigenvalue weighted by molar-refractivity contribution is 5.89. The number of aromatic carboxylic acids is 1. The van der Waals surface area contributed by atoms with E-state index in [-0.39, 0.29) is 18.1 Å². The molecule has 0 unspecified atom stereocenters. The average molecular weight is 226 g/mol. The van der Waals surface area contributed by atoms with E-state index in [0.29, 0.717) is 5.69 Å². The van der Waals surface area contributed by atoms with Crippen LogP contribution in [0.5, 0.6) is 0 Å². The van der Waals surface area contributed by atoms with Crippen molar-refractivity contribution in [3.05, 3.63) is 42.5 Å². The van der Waals surface area contributed by atoms with Crippen LogP contribution in [0.1, 0.15) is 10.5 Å². The van der Waals surface area contributed by atoms with Crippen molar-refractivity contribution in [1.29, 1.82) is 0 Å². The van der Waals surface area contributed by atoms with E-state index in [2.05, 4.69) is 10.1 Å². The van der Waals surface area contributed by atoms with Gasteiger partial charge in [-0.25, -0.2) is 14.5 Å². The third-order valence-electron chi connectivity index (χ3n) is 1.74. The molecule has 2 heterocycles. The molecule has 2 aromatic heterocycles. The summed E-state index contributed by atoms with van der Waals surface area (Å²) in [5, 5.41) is 12.8. The van der Waals surface area contributed by atoms with Gasteiger partial charge in [-0.05, 0) is 18.2 Å². The van der Waals surface area contributed by atoms with Crippen LogP contribution in [-0.2, 0) is 0 Å². The molecular formula is C9H8ClN3O2. The molecule has 0 aliphatic rings. The monoisotopic (exact) mass is 225 g/mol. The lowest BCUT2D eigenvalue weighted by Gasteiger charge is -2.03. The lowest BCUT2D eigenvalue weighted by atomic mass is 10.3. The summed E-state index contributed by atoms with van der Waals surface area (Å²) in [7, 11) is 0. The first kappa shape index (κ1) is 11.2. The van der Waals surface area contributed by atoms with Gasteiger partial charge in [0.25, 0.3) is 0 Å². The molecule has 1 N–H and O–H groups in total. The van der Waals surface area contributed by atoms with Gasteiger partial charge < -0.3 is 5.11 Å². The Morgan fingerprint density at radius 3 is 2.73 bits per heavy atom. The van der Waals surface area contributed by atoms with Crippen LogP contribution < -0.4 is 0 Å². The highest BCUT2D eigenvalue weighted by Crippen LogP contribution is 2.09. The van der Waals surface area contributed by atoms with Crippen molar-refractivity contribution in [2.45, 2.75) is 0 Å². The highest BCUT2D eigenvalue weighted by Gasteiger charge is 2.11. The first-order chi connectivity index (χ1) is 6.79. The Balaban J connectivity index is 0.00000112. The van der Waals surface area contributed by atoms with Gasteiger partial charge in [-0.15, -0.1) is 12.4 Å². The lowest BCUT2D eigenvalue weighted by molar-refractivity contribution is 0.0690. The number of halogens is 1. The predicted octanol–water partition coefficient (Wildman–Crippen LogP) is 1.39. The SMILES string of the molecule is Cl.O=C(O)c1ncccc1-n1cccn1. The molecule has 0 radical (unpaired) electrons. The zero-order valence-electron chi connectivity index (χ0n) is 7.57. The van der Waals surface area contributed by atoms with Crippen molar-refractivity contribution < 1.29 is 9.90 Å². The van der Waals surface area contributed by atoms with Gasteiger partial charge in [-0.3, -0.25) is 0 Å². The Morgan fingerprint density at radius 2 is 2.13 bits per heavy atom. The van der Waals surface area contributed by atoms with Gasteiger partial charge in [-0.1, -0.05) is 0 Å². The van der Waals surface area contributed by atoms with Crippen LogP contribution in [0.25, 0.3) is 5.69 Å². The number of carbonyl (C=O) groups is 1. The molecule has 0 aromatic carbocycles. The maximum Gasteiger partial charge on any atom is 0.356 e. The summed E-state index contributed by atoms with van der Waals surface area (Å²) in [5.74, 6) is -1.06. The Bertz CT molecular complexity index is 456. The number of hydrogen-bond acceptors (Lipinski definition) is 3. The highest BCUT2D eigenvalue weighted by atomic mass is 35.5. The van der Waals surface area contributed by atoms with Gasteiger partial charge >= 0.3 is 5.97 Å². The number of hydrogen-bond donors (Lipinski definition) is 1. The Labute approximate surface area is 91.8 Å². The Hall–Kier alpha value is -1.88. The van der Waals surface area contributed by atoms with E-state index in [1.54, 1.807) is 30.6 Å². The summed E-state index contributed by atoms with van der Waals surface area (Å²) >= 11 is 0. The van der Waals surface area contributed by atoms with Gasteiger partial charge in [0.15, 0.2) is 5.69 Å². The fourth-order valence-corrected chi connectivity index (χ4v) is 1.16. The first-order valence-electron chi connectivity index (χ1n) is 3.97. The summed E-state index contributed by atoms with van der Waals surface area (Å²) in [4.78, 5) is 14.6. The molecule has 0 amide bonds. The quantitative estimate of drug-likeness (QED) is 0.839. The summed E-state index contributed by atoms with van der Waals surface area (Å²) in [6.45, 7) is 0. The molecule has 0 fully saturated rings. The number of nitrogens with zero attached hydrogens (tertiary/aromatic N) is 3. The van der Waals surface area contributed by atoms with Gasteiger partial charge in [0.1, 0.15) is 0 Å². The van der Waals surface area contributed by atoms with Crippen molar-refractivity contribution in [3.63, 3.8) is 0 Å². The smallest absolute Gasteiger partial charge is 0.356 e. The number of aromatic nitrogens is 3. The molecule has 2 aromatic rings. The molecule has 78 valence electrons. The molecule has 0 saturated heterocycles. The minimum atomic E-state index is -1.06. The normalized spacial score (nSPS) is 9.33. The van der Waals surface area contributed by atoms with E-state index >= 15 is 0 Å². The minimum Gasteiger partial charge on any atom is -0.476 e. The largest absolute Gasteiger partial charge is 0.476 e. The molecule has 0 atom stereocenters. The second-order valence-corrected chi connectivity index (χ2v) is 2.63. The van der Waals surface area contributed by atoms with Crippen LogP contribution in [0.15, 0.2) is 36.8 Å². The van der Waals surface area contributed by atoms with E-state index < -0.39 is 5.97 Å². The minimum absolute atomic E-state index is 0. The van der Waals surface area contributed by atoms with Gasteiger partial charge in [-0.2, -0.15) is 5.10 Å². The van der Waals surface area contributed by atoms with Gasteiger partial charge in [0.05, 0.1) is 5.69 Å².